The van der Waals surface area contributed by atoms with E-state index in [0.29, 0.717) is 6.20 Å². The van der Waals surface area contributed by atoms with Gasteiger partial charge in [0.2, 0.25) is 11.8 Å². The predicted octanol–water partition coefficient (Wildman–Crippen LogP) is 3.72. The molecule has 1 nitrogen and oxygen atoms in total. The molecule has 100 valence electrons. The summed E-state index contributed by atoms with van der Waals surface area (Å²) >= 11 is 0. The van der Waals surface area contributed by atoms with Crippen LogP contribution in [-0.2, 0) is 0 Å². The van der Waals surface area contributed by atoms with Gasteiger partial charge >= 0.3 is 0 Å². The Balaban J connectivity index is 2.79. The van der Waals surface area contributed by atoms with E-state index in [1.54, 1.807) is 0 Å². The molecule has 0 unspecified atom stereocenters. The summed E-state index contributed by atoms with van der Waals surface area (Å²) in [7, 11) is 0. The number of rotatable bonds is 1. The van der Waals surface area contributed by atoms with Gasteiger partial charge in [-0.3, -0.25) is 0 Å². The van der Waals surface area contributed by atoms with Gasteiger partial charge in [-0.25, -0.2) is 31.3 Å². The van der Waals surface area contributed by atoms with Crippen LogP contribution in [0.25, 0.3) is 11.1 Å². The lowest BCUT2D eigenvalue weighted by molar-refractivity contribution is 0.381. The first kappa shape index (κ1) is 13.3. The fraction of sp³-hybridized carbons (Fsp3) is 0. The smallest absolute Gasteiger partial charge is 0.225 e. The van der Waals surface area contributed by atoms with Crippen molar-refractivity contribution in [1.82, 2.24) is 4.98 Å². The van der Waals surface area contributed by atoms with Crippen molar-refractivity contribution < 1.29 is 30.7 Å². The molecule has 8 heteroatoms. The van der Waals surface area contributed by atoms with Gasteiger partial charge < -0.3 is 0 Å². The van der Waals surface area contributed by atoms with Gasteiger partial charge in [-0.15, -0.1) is 0 Å². The largest absolute Gasteiger partial charge is 0.248 e. The third kappa shape index (κ3) is 2.02. The van der Waals surface area contributed by atoms with E-state index in [2.05, 4.69) is 4.98 Å². The summed E-state index contributed by atoms with van der Waals surface area (Å²) in [5.74, 6) is -14.1. The van der Waals surface area contributed by atoms with E-state index in [1.165, 1.54) is 0 Å². The van der Waals surface area contributed by atoms with Crippen LogP contribution < -0.4 is 0 Å². The second kappa shape index (κ2) is 4.52. The molecular formula is C11H2F7N. The summed E-state index contributed by atoms with van der Waals surface area (Å²) in [5.41, 5.74) is -2.14. The summed E-state index contributed by atoms with van der Waals surface area (Å²) in [4.78, 5) is 2.81. The van der Waals surface area contributed by atoms with E-state index < -0.39 is 52.0 Å². The summed E-state index contributed by atoms with van der Waals surface area (Å²) in [6.45, 7) is 0. The maximum atomic E-state index is 13.4. The second-order valence-corrected chi connectivity index (χ2v) is 3.44. The van der Waals surface area contributed by atoms with E-state index in [-0.39, 0.29) is 6.07 Å². The number of benzene rings is 1. The molecule has 19 heavy (non-hydrogen) atoms. The Morgan fingerprint density at radius 3 is 1.63 bits per heavy atom. The van der Waals surface area contributed by atoms with E-state index in [4.69, 9.17) is 0 Å². The summed E-state index contributed by atoms with van der Waals surface area (Å²) in [6, 6.07) is 0.278. The van der Waals surface area contributed by atoms with Crippen LogP contribution >= 0.6 is 0 Å². The van der Waals surface area contributed by atoms with E-state index in [1.807, 2.05) is 0 Å². The molecule has 1 aromatic heterocycles. The SMILES string of the molecule is Fc1cc(-c2c(F)c(F)c(F)c(F)c2F)cnc1F. The molecule has 0 bridgehead atoms. The lowest BCUT2D eigenvalue weighted by Gasteiger charge is -2.08. The highest BCUT2D eigenvalue weighted by Gasteiger charge is 2.27. The number of pyridine rings is 1. The molecule has 2 rings (SSSR count). The summed E-state index contributed by atoms with van der Waals surface area (Å²) in [6.07, 6.45) is 0.455. The van der Waals surface area contributed by atoms with Crippen molar-refractivity contribution in [2.24, 2.45) is 0 Å². The highest BCUT2D eigenvalue weighted by atomic mass is 19.2. The first-order chi connectivity index (χ1) is 8.84. The maximum absolute atomic E-state index is 13.4. The molecule has 0 saturated heterocycles. The lowest BCUT2D eigenvalue weighted by atomic mass is 10.1. The normalized spacial score (nSPS) is 10.9. The summed E-state index contributed by atoms with van der Waals surface area (Å²) < 4.78 is 90.7. The van der Waals surface area contributed by atoms with Crippen LogP contribution in [0.15, 0.2) is 12.3 Å². The van der Waals surface area contributed by atoms with Crippen molar-refractivity contribution >= 4 is 0 Å². The first-order valence-corrected chi connectivity index (χ1v) is 4.67. The fourth-order valence-electron chi connectivity index (χ4n) is 1.42. The molecule has 1 heterocycles. The van der Waals surface area contributed by atoms with E-state index in [0.717, 1.165) is 0 Å². The van der Waals surface area contributed by atoms with Crippen LogP contribution in [-0.4, -0.2) is 4.98 Å². The maximum Gasteiger partial charge on any atom is 0.248 e. The van der Waals surface area contributed by atoms with Gasteiger partial charge in [0.25, 0.3) is 0 Å². The van der Waals surface area contributed by atoms with Crippen LogP contribution in [0.1, 0.15) is 0 Å². The minimum atomic E-state index is -2.34. The monoisotopic (exact) mass is 281 g/mol. The Bertz CT molecular complexity index is 640. The van der Waals surface area contributed by atoms with Crippen molar-refractivity contribution in [3.63, 3.8) is 0 Å². The van der Waals surface area contributed by atoms with Gasteiger partial charge in [0.15, 0.2) is 29.1 Å². The van der Waals surface area contributed by atoms with Crippen molar-refractivity contribution in [3.8, 4) is 11.1 Å². The Kier molecular flexibility index (Phi) is 3.17. The third-order valence-electron chi connectivity index (χ3n) is 2.29. The van der Waals surface area contributed by atoms with Crippen molar-refractivity contribution in [3.05, 3.63) is 53.1 Å². The van der Waals surface area contributed by atoms with Crippen molar-refractivity contribution in [1.29, 1.82) is 0 Å². The van der Waals surface area contributed by atoms with Crippen LogP contribution in [0.2, 0.25) is 0 Å². The fourth-order valence-corrected chi connectivity index (χ4v) is 1.42. The molecule has 0 saturated carbocycles. The third-order valence-corrected chi connectivity index (χ3v) is 2.29. The minimum absolute atomic E-state index is 0.278. The van der Waals surface area contributed by atoms with Crippen LogP contribution in [0.4, 0.5) is 30.7 Å². The number of aromatic nitrogens is 1. The number of halogens is 7. The van der Waals surface area contributed by atoms with Gasteiger partial charge in [0, 0.05) is 11.8 Å². The molecule has 0 atom stereocenters. The molecule has 0 spiro atoms. The van der Waals surface area contributed by atoms with Gasteiger partial charge in [-0.1, -0.05) is 0 Å². The number of nitrogens with zero attached hydrogens (tertiary/aromatic N) is 1. The topological polar surface area (TPSA) is 12.9 Å². The zero-order valence-electron chi connectivity index (χ0n) is 8.75. The average Bonchev–Trinajstić information content (AvgIpc) is 2.38. The molecule has 0 aliphatic heterocycles. The van der Waals surface area contributed by atoms with E-state index >= 15 is 0 Å². The van der Waals surface area contributed by atoms with Crippen molar-refractivity contribution in [2.75, 3.05) is 0 Å². The Morgan fingerprint density at radius 1 is 0.684 bits per heavy atom. The van der Waals surface area contributed by atoms with Gasteiger partial charge in [0.1, 0.15) is 0 Å². The average molecular weight is 281 g/mol. The van der Waals surface area contributed by atoms with Crippen LogP contribution in [0.5, 0.6) is 0 Å². The summed E-state index contributed by atoms with van der Waals surface area (Å²) in [5, 5.41) is 0. The highest BCUT2D eigenvalue weighted by Crippen LogP contribution is 2.31. The molecule has 0 aliphatic rings. The molecule has 0 radical (unpaired) electrons. The molecule has 2 aromatic rings. The van der Waals surface area contributed by atoms with Gasteiger partial charge in [0.05, 0.1) is 5.56 Å². The molecular weight excluding hydrogens is 279 g/mol. The Hall–Kier alpha value is -2.12. The molecule has 0 amide bonds. The quantitative estimate of drug-likeness (QED) is 0.336. The number of hydrogen-bond donors (Lipinski definition) is 0. The molecule has 0 N–H and O–H groups in total. The van der Waals surface area contributed by atoms with Crippen LogP contribution in [0.3, 0.4) is 0 Å². The molecule has 0 fully saturated rings. The van der Waals surface area contributed by atoms with Crippen molar-refractivity contribution in [2.45, 2.75) is 0 Å². The first-order valence-electron chi connectivity index (χ1n) is 4.67. The Labute approximate surface area is 101 Å². The molecule has 1 aromatic carbocycles. The Morgan fingerprint density at radius 2 is 1.16 bits per heavy atom. The minimum Gasteiger partial charge on any atom is -0.225 e. The number of hydrogen-bond acceptors (Lipinski definition) is 1. The van der Waals surface area contributed by atoms with E-state index in [9.17, 15) is 30.7 Å². The zero-order valence-corrected chi connectivity index (χ0v) is 8.75. The van der Waals surface area contributed by atoms with Gasteiger partial charge in [-0.05, 0) is 6.07 Å². The standard InChI is InChI=1S/C11H2F7N/c12-4-1-3(2-19-11(4)18)5-6(13)8(15)10(17)9(16)7(5)14/h1-2H. The predicted molar refractivity (Wildman–Crippen MR) is 49.4 cm³/mol. The van der Waals surface area contributed by atoms with Crippen LogP contribution in [0, 0.1) is 40.9 Å². The lowest BCUT2D eigenvalue weighted by Crippen LogP contribution is -2.04. The molecule has 0 aliphatic carbocycles. The zero-order chi connectivity index (χ0) is 14.3. The highest BCUT2D eigenvalue weighted by molar-refractivity contribution is 5.64. The van der Waals surface area contributed by atoms with Gasteiger partial charge in [-0.2, -0.15) is 4.39 Å². The second-order valence-electron chi connectivity index (χ2n) is 3.44.